The van der Waals surface area contributed by atoms with Crippen molar-refractivity contribution >= 4 is 29.9 Å². The average molecular weight is 526 g/mol. The minimum Gasteiger partial charge on any atom is -0.508 e. The highest BCUT2D eigenvalue weighted by molar-refractivity contribution is 5.94. The molecule has 0 aliphatic rings. The van der Waals surface area contributed by atoms with E-state index in [9.17, 15) is 29.1 Å². The molecule has 0 saturated heterocycles. The zero-order valence-electron chi connectivity index (χ0n) is 21.4. The van der Waals surface area contributed by atoms with Gasteiger partial charge >= 0.3 is 0 Å². The van der Waals surface area contributed by atoms with Crippen molar-refractivity contribution in [2.24, 2.45) is 17.4 Å². The average Bonchev–Trinajstić information content (AvgIpc) is 2.87. The van der Waals surface area contributed by atoms with Crippen LogP contribution in [-0.4, -0.2) is 59.2 Å². The number of phenols is 1. The Balaban J connectivity index is 2.17. The van der Waals surface area contributed by atoms with Gasteiger partial charge in [-0.05, 0) is 35.6 Å². The van der Waals surface area contributed by atoms with Crippen LogP contribution in [0.3, 0.4) is 0 Å². The number of carbonyl (C=O) groups is 5. The van der Waals surface area contributed by atoms with Gasteiger partial charge in [-0.15, -0.1) is 0 Å². The van der Waals surface area contributed by atoms with Crippen LogP contribution in [0.25, 0.3) is 0 Å². The maximum atomic E-state index is 13.3. The molecule has 4 amide bonds. The van der Waals surface area contributed by atoms with E-state index in [1.165, 1.54) is 12.1 Å². The van der Waals surface area contributed by atoms with E-state index in [0.717, 1.165) is 11.1 Å². The minimum atomic E-state index is -1.13. The van der Waals surface area contributed by atoms with Gasteiger partial charge in [-0.25, -0.2) is 0 Å². The molecule has 0 unspecified atom stereocenters. The summed E-state index contributed by atoms with van der Waals surface area (Å²) in [6.07, 6.45) is 0.334. The van der Waals surface area contributed by atoms with Crippen molar-refractivity contribution in [2.45, 2.75) is 57.3 Å². The standard InChI is InChI=1S/C27H35N5O6/c1-16(2)24(27(38)30-19(15-33)14-23(29)35)32-26(37)22(13-17-6-4-3-5-7-17)31-25(36)21(28)12-18-8-10-20(34)11-9-18/h3-11,15-16,19,21-22,24,34H,12-14,28H2,1-2H3,(H2,29,35)(H,30,38)(H,31,36)(H,32,37)/t19-,21+,22-,24-/m0/s1. The number of nitrogens with two attached hydrogens (primary N) is 2. The van der Waals surface area contributed by atoms with Gasteiger partial charge in [0.05, 0.1) is 18.5 Å². The number of nitrogens with one attached hydrogen (secondary N) is 3. The Hall–Kier alpha value is -4.25. The van der Waals surface area contributed by atoms with Crippen molar-refractivity contribution in [1.29, 1.82) is 0 Å². The number of primary amides is 1. The lowest BCUT2D eigenvalue weighted by atomic mass is 10.00. The molecule has 11 nitrogen and oxygen atoms in total. The molecule has 0 radical (unpaired) electrons. The smallest absolute Gasteiger partial charge is 0.243 e. The van der Waals surface area contributed by atoms with Gasteiger partial charge in [0, 0.05) is 6.42 Å². The highest BCUT2D eigenvalue weighted by Crippen LogP contribution is 2.12. The summed E-state index contributed by atoms with van der Waals surface area (Å²) in [5.41, 5.74) is 12.7. The molecule has 0 fully saturated rings. The van der Waals surface area contributed by atoms with Crippen LogP contribution in [0, 0.1) is 5.92 Å². The first-order chi connectivity index (χ1) is 18.0. The third-order valence-corrected chi connectivity index (χ3v) is 5.80. The summed E-state index contributed by atoms with van der Waals surface area (Å²) in [7, 11) is 0. The molecule has 8 N–H and O–H groups in total. The largest absolute Gasteiger partial charge is 0.508 e. The van der Waals surface area contributed by atoms with Crippen LogP contribution in [0.15, 0.2) is 54.6 Å². The van der Waals surface area contributed by atoms with Gasteiger partial charge in [0.25, 0.3) is 0 Å². The molecule has 2 rings (SSSR count). The van der Waals surface area contributed by atoms with Gasteiger partial charge in [0.1, 0.15) is 24.1 Å². The lowest BCUT2D eigenvalue weighted by Crippen LogP contribution is -2.58. The van der Waals surface area contributed by atoms with Crippen LogP contribution in [0.4, 0.5) is 0 Å². The van der Waals surface area contributed by atoms with Crippen LogP contribution in [0.5, 0.6) is 5.75 Å². The molecule has 38 heavy (non-hydrogen) atoms. The van der Waals surface area contributed by atoms with E-state index in [2.05, 4.69) is 16.0 Å². The van der Waals surface area contributed by atoms with E-state index in [0.29, 0.717) is 6.29 Å². The quantitative estimate of drug-likeness (QED) is 0.182. The molecule has 4 atom stereocenters. The van der Waals surface area contributed by atoms with Crippen molar-refractivity contribution in [1.82, 2.24) is 16.0 Å². The monoisotopic (exact) mass is 525 g/mol. The first-order valence-corrected chi connectivity index (χ1v) is 12.2. The Labute approximate surface area is 221 Å². The number of carbonyl (C=O) groups excluding carboxylic acids is 5. The zero-order valence-corrected chi connectivity index (χ0v) is 21.4. The summed E-state index contributed by atoms with van der Waals surface area (Å²) >= 11 is 0. The number of hydrogen-bond donors (Lipinski definition) is 6. The van der Waals surface area contributed by atoms with Crippen LogP contribution < -0.4 is 27.4 Å². The van der Waals surface area contributed by atoms with Crippen molar-refractivity contribution in [3.8, 4) is 5.75 Å². The molecule has 0 heterocycles. The second kappa shape index (κ2) is 14.5. The summed E-state index contributed by atoms with van der Waals surface area (Å²) < 4.78 is 0. The lowest BCUT2D eigenvalue weighted by molar-refractivity contribution is -0.134. The number of aromatic hydroxyl groups is 1. The summed E-state index contributed by atoms with van der Waals surface area (Å²) in [4.78, 5) is 61.5. The number of benzene rings is 2. The minimum absolute atomic E-state index is 0.0872. The predicted molar refractivity (Wildman–Crippen MR) is 140 cm³/mol. The van der Waals surface area contributed by atoms with E-state index in [1.54, 1.807) is 50.2 Å². The molecule has 0 saturated carbocycles. The maximum absolute atomic E-state index is 13.3. The predicted octanol–water partition coefficient (Wildman–Crippen LogP) is -0.311. The highest BCUT2D eigenvalue weighted by atomic mass is 16.3. The summed E-state index contributed by atoms with van der Waals surface area (Å²) in [6, 6.07) is 11.1. The zero-order chi connectivity index (χ0) is 28.2. The van der Waals surface area contributed by atoms with Crippen molar-refractivity contribution in [2.75, 3.05) is 0 Å². The second-order valence-electron chi connectivity index (χ2n) is 9.38. The fourth-order valence-corrected chi connectivity index (χ4v) is 3.73. The van der Waals surface area contributed by atoms with E-state index < -0.39 is 47.8 Å². The SMILES string of the molecule is CC(C)[C@H](NC(=O)[C@H](Cc1ccccc1)NC(=O)[C@H](N)Cc1ccc(O)cc1)C(=O)N[C@H](C=O)CC(N)=O. The fraction of sp³-hybridized carbons (Fsp3) is 0.370. The van der Waals surface area contributed by atoms with E-state index in [4.69, 9.17) is 11.5 Å². The molecule has 0 bridgehead atoms. The number of amides is 4. The summed E-state index contributed by atoms with van der Waals surface area (Å²) in [5.74, 6) is -2.91. The molecule has 204 valence electrons. The highest BCUT2D eigenvalue weighted by Gasteiger charge is 2.31. The van der Waals surface area contributed by atoms with Gasteiger partial charge in [-0.3, -0.25) is 19.2 Å². The molecule has 0 aromatic heterocycles. The number of rotatable bonds is 14. The Morgan fingerprint density at radius 3 is 2.00 bits per heavy atom. The Bertz CT molecular complexity index is 1110. The topological polar surface area (TPSA) is 194 Å². The number of phenolic OH excluding ortho intramolecular Hbond substituents is 1. The molecule has 0 aliphatic carbocycles. The van der Waals surface area contributed by atoms with Gasteiger partial charge < -0.3 is 37.3 Å². The van der Waals surface area contributed by atoms with Gasteiger partial charge in [-0.1, -0.05) is 56.3 Å². The Morgan fingerprint density at radius 1 is 0.842 bits per heavy atom. The fourth-order valence-electron chi connectivity index (χ4n) is 3.73. The van der Waals surface area contributed by atoms with Crippen molar-refractivity contribution in [3.05, 3.63) is 65.7 Å². The number of hydrogen-bond acceptors (Lipinski definition) is 7. The first kappa shape index (κ1) is 30.0. The lowest BCUT2D eigenvalue weighted by Gasteiger charge is -2.27. The molecule has 0 aliphatic heterocycles. The number of aldehydes is 1. The van der Waals surface area contributed by atoms with Gasteiger partial charge in [-0.2, -0.15) is 0 Å². The Kier molecular flexibility index (Phi) is 11.4. The molecule has 11 heteroatoms. The van der Waals surface area contributed by atoms with Crippen LogP contribution in [0.1, 0.15) is 31.4 Å². The van der Waals surface area contributed by atoms with Crippen LogP contribution >= 0.6 is 0 Å². The second-order valence-corrected chi connectivity index (χ2v) is 9.38. The maximum Gasteiger partial charge on any atom is 0.243 e. The third kappa shape index (κ3) is 9.66. The molecule has 0 spiro atoms. The molecular formula is C27H35N5O6. The van der Waals surface area contributed by atoms with Crippen molar-refractivity contribution < 1.29 is 29.1 Å². The van der Waals surface area contributed by atoms with Crippen LogP contribution in [0.2, 0.25) is 0 Å². The molecule has 2 aromatic carbocycles. The van der Waals surface area contributed by atoms with Gasteiger partial charge in [0.15, 0.2) is 0 Å². The third-order valence-electron chi connectivity index (χ3n) is 5.80. The van der Waals surface area contributed by atoms with E-state index in [-0.39, 0.29) is 30.9 Å². The van der Waals surface area contributed by atoms with Gasteiger partial charge in [0.2, 0.25) is 23.6 Å². The summed E-state index contributed by atoms with van der Waals surface area (Å²) in [5, 5.41) is 17.2. The Morgan fingerprint density at radius 2 is 1.45 bits per heavy atom. The van der Waals surface area contributed by atoms with Crippen molar-refractivity contribution in [3.63, 3.8) is 0 Å². The summed E-state index contributed by atoms with van der Waals surface area (Å²) in [6.45, 7) is 3.40. The normalized spacial score (nSPS) is 14.0. The van der Waals surface area contributed by atoms with E-state index >= 15 is 0 Å². The molecular weight excluding hydrogens is 490 g/mol. The van der Waals surface area contributed by atoms with E-state index in [1.807, 2.05) is 6.07 Å². The first-order valence-electron chi connectivity index (χ1n) is 12.2. The van der Waals surface area contributed by atoms with Crippen LogP contribution in [-0.2, 0) is 36.8 Å². The molecule has 2 aromatic rings.